The zero-order valence-electron chi connectivity index (χ0n) is 6.78. The maximum atomic E-state index is 2.12. The Labute approximate surface area is 73.1 Å². The third-order valence-electron chi connectivity index (χ3n) is 1.99. The third kappa shape index (κ3) is 1.09. The minimum absolute atomic E-state index is 0. The largest absolute Gasteiger partial charge is 0.244 e. The predicted molar refractivity (Wildman–Crippen MR) is 50.8 cm³/mol. The highest BCUT2D eigenvalue weighted by molar-refractivity contribution is 5.71. The van der Waals surface area contributed by atoms with Crippen molar-refractivity contribution < 1.29 is 4.57 Å². The number of rotatable bonds is 0. The molecule has 2 heteroatoms. The Hall–Kier alpha value is -1.31. The number of aryl methyl sites for hydroxylation is 2. The number of benzene rings is 1. The fourth-order valence-electron chi connectivity index (χ4n) is 1.44. The zero-order valence-corrected chi connectivity index (χ0v) is 6.78. The van der Waals surface area contributed by atoms with Crippen LogP contribution in [-0.2, 0) is 14.1 Å². The summed E-state index contributed by atoms with van der Waals surface area (Å²) in [4.78, 5) is 0. The van der Waals surface area contributed by atoms with Gasteiger partial charge in [0.2, 0.25) is 6.33 Å². The van der Waals surface area contributed by atoms with Crippen LogP contribution in [-0.4, -0.2) is 4.57 Å². The highest BCUT2D eigenvalue weighted by atomic mass is 15.1. The van der Waals surface area contributed by atoms with Crippen molar-refractivity contribution in [2.24, 2.45) is 14.1 Å². The fourth-order valence-corrected chi connectivity index (χ4v) is 1.44. The van der Waals surface area contributed by atoms with Gasteiger partial charge in [-0.3, -0.25) is 0 Å². The molecule has 0 fully saturated rings. The van der Waals surface area contributed by atoms with Crippen LogP contribution in [0.2, 0.25) is 0 Å². The van der Waals surface area contributed by atoms with Crippen molar-refractivity contribution in [2.45, 2.75) is 7.43 Å². The van der Waals surface area contributed by atoms with Crippen molar-refractivity contribution in [3.05, 3.63) is 30.6 Å². The number of nitrogens with zero attached hydrogens (tertiary/aromatic N) is 2. The third-order valence-corrected chi connectivity index (χ3v) is 1.99. The Morgan fingerprint density at radius 1 is 1.25 bits per heavy atom. The SMILES string of the molecule is C.Cn1c[n+](C)c2ccccc21. The second kappa shape index (κ2) is 2.97. The van der Waals surface area contributed by atoms with Crippen LogP contribution in [0, 0.1) is 0 Å². The Bertz CT molecular complexity index is 352. The zero-order chi connectivity index (χ0) is 7.84. The molecule has 0 amide bonds. The summed E-state index contributed by atoms with van der Waals surface area (Å²) in [6.07, 6.45) is 2.07. The average Bonchev–Trinajstić information content (AvgIpc) is 2.30. The van der Waals surface area contributed by atoms with Crippen LogP contribution in [0.15, 0.2) is 30.6 Å². The maximum Gasteiger partial charge on any atom is 0.244 e. The molecular weight excluding hydrogens is 148 g/mol. The Balaban J connectivity index is 0.000000720. The molecule has 0 bridgehead atoms. The summed E-state index contributed by atoms with van der Waals surface area (Å²) in [7, 11) is 4.12. The molecule has 12 heavy (non-hydrogen) atoms. The average molecular weight is 163 g/mol. The second-order valence-corrected chi connectivity index (χ2v) is 2.83. The number of imidazole rings is 1. The molecule has 2 nitrogen and oxygen atoms in total. The fraction of sp³-hybridized carbons (Fsp3) is 0.300. The predicted octanol–water partition coefficient (Wildman–Crippen LogP) is 1.64. The highest BCUT2D eigenvalue weighted by Crippen LogP contribution is 2.07. The van der Waals surface area contributed by atoms with Crippen molar-refractivity contribution in [1.29, 1.82) is 0 Å². The van der Waals surface area contributed by atoms with Gasteiger partial charge in [-0.05, 0) is 12.1 Å². The monoisotopic (exact) mass is 163 g/mol. The van der Waals surface area contributed by atoms with Gasteiger partial charge in [-0.1, -0.05) is 19.6 Å². The lowest BCUT2D eigenvalue weighted by Crippen LogP contribution is -2.25. The molecule has 64 valence electrons. The normalized spacial score (nSPS) is 9.83. The van der Waals surface area contributed by atoms with Gasteiger partial charge in [-0.25, -0.2) is 9.13 Å². The number of para-hydroxylation sites is 2. The molecule has 0 spiro atoms. The van der Waals surface area contributed by atoms with Gasteiger partial charge in [0.05, 0.1) is 14.1 Å². The molecule has 2 rings (SSSR count). The molecule has 1 heterocycles. The number of aromatic nitrogens is 2. The lowest BCUT2D eigenvalue weighted by Gasteiger charge is -1.84. The molecule has 0 atom stereocenters. The van der Waals surface area contributed by atoms with E-state index in [2.05, 4.69) is 53.8 Å². The highest BCUT2D eigenvalue weighted by Gasteiger charge is 2.06. The van der Waals surface area contributed by atoms with Crippen molar-refractivity contribution in [1.82, 2.24) is 4.57 Å². The summed E-state index contributed by atoms with van der Waals surface area (Å²) in [5.74, 6) is 0. The van der Waals surface area contributed by atoms with Crippen LogP contribution >= 0.6 is 0 Å². The van der Waals surface area contributed by atoms with Crippen LogP contribution in [0.25, 0.3) is 11.0 Å². The van der Waals surface area contributed by atoms with Crippen LogP contribution in [0.5, 0.6) is 0 Å². The van der Waals surface area contributed by atoms with E-state index in [0.29, 0.717) is 0 Å². The lowest BCUT2D eigenvalue weighted by molar-refractivity contribution is -0.645. The molecule has 1 aromatic heterocycles. The van der Waals surface area contributed by atoms with Gasteiger partial charge in [-0.2, -0.15) is 0 Å². The van der Waals surface area contributed by atoms with Crippen LogP contribution in [0.4, 0.5) is 0 Å². The molecule has 0 aliphatic carbocycles. The molecule has 0 radical (unpaired) electrons. The first kappa shape index (κ1) is 8.78. The van der Waals surface area contributed by atoms with Gasteiger partial charge in [0, 0.05) is 0 Å². The summed E-state index contributed by atoms with van der Waals surface area (Å²) in [5.41, 5.74) is 2.55. The maximum absolute atomic E-state index is 2.12. The van der Waals surface area contributed by atoms with E-state index in [4.69, 9.17) is 0 Å². The summed E-state index contributed by atoms with van der Waals surface area (Å²) >= 11 is 0. The lowest BCUT2D eigenvalue weighted by atomic mass is 10.3. The molecule has 0 N–H and O–H groups in total. The van der Waals surface area contributed by atoms with E-state index in [9.17, 15) is 0 Å². The quantitative estimate of drug-likeness (QED) is 0.522. The van der Waals surface area contributed by atoms with Crippen molar-refractivity contribution in [3.8, 4) is 0 Å². The van der Waals surface area contributed by atoms with Gasteiger partial charge >= 0.3 is 0 Å². The first-order valence-corrected chi connectivity index (χ1v) is 3.69. The van der Waals surface area contributed by atoms with Crippen molar-refractivity contribution >= 4 is 11.0 Å². The number of hydrogen-bond donors (Lipinski definition) is 0. The van der Waals surface area contributed by atoms with Gasteiger partial charge in [0.25, 0.3) is 0 Å². The summed E-state index contributed by atoms with van der Waals surface area (Å²) in [6, 6.07) is 8.36. The van der Waals surface area contributed by atoms with E-state index < -0.39 is 0 Å². The van der Waals surface area contributed by atoms with Crippen molar-refractivity contribution in [2.75, 3.05) is 0 Å². The van der Waals surface area contributed by atoms with Gasteiger partial charge in [0.15, 0.2) is 11.0 Å². The summed E-state index contributed by atoms with van der Waals surface area (Å²) in [6.45, 7) is 0. The minimum atomic E-state index is 0. The topological polar surface area (TPSA) is 8.81 Å². The Kier molecular flexibility index (Phi) is 2.18. The van der Waals surface area contributed by atoms with Crippen LogP contribution < -0.4 is 4.57 Å². The molecule has 0 aliphatic rings. The molecule has 0 unspecified atom stereocenters. The molecule has 0 saturated carbocycles. The summed E-state index contributed by atoms with van der Waals surface area (Å²) in [5, 5.41) is 0. The first-order chi connectivity index (χ1) is 5.29. The van der Waals surface area contributed by atoms with E-state index in [-0.39, 0.29) is 7.43 Å². The Morgan fingerprint density at radius 3 is 2.58 bits per heavy atom. The molecule has 0 saturated heterocycles. The van der Waals surface area contributed by atoms with E-state index in [1.807, 2.05) is 0 Å². The first-order valence-electron chi connectivity index (χ1n) is 3.69. The second-order valence-electron chi connectivity index (χ2n) is 2.83. The van der Waals surface area contributed by atoms with Gasteiger partial charge < -0.3 is 0 Å². The van der Waals surface area contributed by atoms with Crippen LogP contribution in [0.3, 0.4) is 0 Å². The van der Waals surface area contributed by atoms with Gasteiger partial charge in [-0.15, -0.1) is 0 Å². The van der Waals surface area contributed by atoms with E-state index >= 15 is 0 Å². The summed E-state index contributed by atoms with van der Waals surface area (Å²) < 4.78 is 4.24. The standard InChI is InChI=1S/C9H11N2.CH4/c1-10-7-11(2)9-6-4-3-5-8(9)10;/h3-7H,1-2H3;1H4/q+1;. The van der Waals surface area contributed by atoms with E-state index in [1.54, 1.807) is 0 Å². The van der Waals surface area contributed by atoms with Crippen molar-refractivity contribution in [3.63, 3.8) is 0 Å². The van der Waals surface area contributed by atoms with Gasteiger partial charge in [0.1, 0.15) is 0 Å². The molecule has 1 aromatic carbocycles. The number of hydrogen-bond acceptors (Lipinski definition) is 0. The van der Waals surface area contributed by atoms with E-state index in [0.717, 1.165) is 0 Å². The molecule has 2 aromatic rings. The molecular formula is C10H15N2+. The van der Waals surface area contributed by atoms with Crippen LogP contribution in [0.1, 0.15) is 7.43 Å². The molecule has 0 aliphatic heterocycles. The van der Waals surface area contributed by atoms with E-state index in [1.165, 1.54) is 11.0 Å². The Morgan fingerprint density at radius 2 is 1.92 bits per heavy atom. The number of fused-ring (bicyclic) bond motifs is 1. The smallest absolute Gasteiger partial charge is 0.233 e. The minimum Gasteiger partial charge on any atom is -0.233 e.